The number of aromatic nitrogens is 2. The van der Waals surface area contributed by atoms with Gasteiger partial charge < -0.3 is 16.0 Å². The summed E-state index contributed by atoms with van der Waals surface area (Å²) in [5, 5.41) is 15.6. The Morgan fingerprint density at radius 2 is 1.61 bits per heavy atom. The van der Waals surface area contributed by atoms with Crippen LogP contribution in [0.15, 0.2) is 47.3 Å². The molecule has 3 aromatic rings. The first-order valence-electron chi connectivity index (χ1n) is 12.9. The summed E-state index contributed by atoms with van der Waals surface area (Å²) in [6.07, 6.45) is 6.85. The van der Waals surface area contributed by atoms with E-state index in [1.807, 2.05) is 6.07 Å². The quantitative estimate of drug-likeness (QED) is 0.205. The van der Waals surface area contributed by atoms with Crippen molar-refractivity contribution in [2.75, 3.05) is 6.54 Å². The summed E-state index contributed by atoms with van der Waals surface area (Å²) >= 11 is 0. The molecular formula is C28H37N7O. The first kappa shape index (κ1) is 25.6. The highest BCUT2D eigenvalue weighted by Crippen LogP contribution is 2.23. The first-order chi connectivity index (χ1) is 17.3. The molecule has 2 heterocycles. The number of amidine groups is 2. The number of hydrogen-bond acceptors (Lipinski definition) is 5. The molecule has 4 rings (SSSR count). The Morgan fingerprint density at radius 3 is 2.31 bits per heavy atom. The van der Waals surface area contributed by atoms with E-state index in [-0.39, 0.29) is 17.2 Å². The number of benzene rings is 2. The molecule has 1 aliphatic heterocycles. The van der Waals surface area contributed by atoms with E-state index in [2.05, 4.69) is 23.7 Å². The number of fused-ring (bicyclic) bond motifs is 1. The molecule has 2 atom stereocenters. The summed E-state index contributed by atoms with van der Waals surface area (Å²) in [5.41, 5.74) is 14.6. The minimum Gasteiger partial charge on any atom is -0.384 e. The van der Waals surface area contributed by atoms with Crippen LogP contribution in [0.3, 0.4) is 0 Å². The van der Waals surface area contributed by atoms with Crippen molar-refractivity contribution in [2.24, 2.45) is 11.5 Å². The van der Waals surface area contributed by atoms with Crippen LogP contribution in [0.1, 0.15) is 63.5 Å². The van der Waals surface area contributed by atoms with Crippen molar-refractivity contribution < 1.29 is 0 Å². The van der Waals surface area contributed by atoms with Gasteiger partial charge >= 0.3 is 0 Å². The fraction of sp³-hybridized carbons (Fsp3) is 0.429. The predicted octanol–water partition coefficient (Wildman–Crippen LogP) is 4.06. The molecule has 1 aliphatic rings. The lowest BCUT2D eigenvalue weighted by atomic mass is 9.97. The van der Waals surface area contributed by atoms with Gasteiger partial charge in [0.05, 0.1) is 11.0 Å². The molecule has 1 aromatic heterocycles. The number of nitrogens with two attached hydrogens (primary N) is 2. The number of nitrogens with one attached hydrogen (secondary N) is 2. The third kappa shape index (κ3) is 5.49. The molecule has 190 valence electrons. The number of hydrogen-bond donors (Lipinski definition) is 4. The monoisotopic (exact) mass is 487 g/mol. The molecule has 0 radical (unpaired) electrons. The van der Waals surface area contributed by atoms with Gasteiger partial charge in [-0.1, -0.05) is 31.0 Å². The van der Waals surface area contributed by atoms with Crippen molar-refractivity contribution in [2.45, 2.75) is 71.0 Å². The van der Waals surface area contributed by atoms with Crippen LogP contribution in [0.5, 0.6) is 0 Å². The maximum absolute atomic E-state index is 13.7. The number of nitrogens with zero attached hydrogens (tertiary/aromatic N) is 3. The SMILES string of the molecule is C[C@@H]1CCC[C@H](C)N1CCCCCn1c(=O)c(-c2cccc(C(=N)N)c2)nc2ccc(C(=N)N)cc21. The second-order valence-corrected chi connectivity index (χ2v) is 9.96. The van der Waals surface area contributed by atoms with Crippen molar-refractivity contribution in [1.82, 2.24) is 14.5 Å². The Bertz CT molecular complexity index is 1320. The fourth-order valence-electron chi connectivity index (χ4n) is 5.31. The molecule has 0 aliphatic carbocycles. The van der Waals surface area contributed by atoms with Gasteiger partial charge in [-0.15, -0.1) is 0 Å². The fourth-order valence-corrected chi connectivity index (χ4v) is 5.31. The van der Waals surface area contributed by atoms with Crippen molar-refractivity contribution >= 4 is 22.7 Å². The molecule has 0 saturated carbocycles. The van der Waals surface area contributed by atoms with Crippen LogP contribution in [-0.4, -0.2) is 44.8 Å². The van der Waals surface area contributed by atoms with Gasteiger partial charge in [-0.3, -0.25) is 20.5 Å². The average Bonchev–Trinajstić information content (AvgIpc) is 2.86. The molecule has 8 nitrogen and oxygen atoms in total. The summed E-state index contributed by atoms with van der Waals surface area (Å²) in [5.74, 6) is -0.0969. The van der Waals surface area contributed by atoms with Crippen LogP contribution in [0.4, 0.5) is 0 Å². The predicted molar refractivity (Wildman–Crippen MR) is 147 cm³/mol. The lowest BCUT2D eigenvalue weighted by molar-refractivity contribution is 0.101. The Balaban J connectivity index is 1.61. The van der Waals surface area contributed by atoms with E-state index in [4.69, 9.17) is 22.3 Å². The van der Waals surface area contributed by atoms with E-state index in [1.165, 1.54) is 19.3 Å². The molecule has 2 aromatic carbocycles. The van der Waals surface area contributed by atoms with Crippen molar-refractivity contribution in [3.63, 3.8) is 0 Å². The zero-order chi connectivity index (χ0) is 25.8. The number of likely N-dealkylation sites (tertiary alicyclic amines) is 1. The van der Waals surface area contributed by atoms with E-state index < -0.39 is 0 Å². The normalized spacial score (nSPS) is 18.4. The minimum absolute atomic E-state index is 0.0427. The maximum atomic E-state index is 13.7. The van der Waals surface area contributed by atoms with Gasteiger partial charge in [0, 0.05) is 35.3 Å². The van der Waals surface area contributed by atoms with Crippen LogP contribution in [-0.2, 0) is 6.54 Å². The molecule has 1 saturated heterocycles. The standard InChI is InChI=1S/C28H37N7O/c1-18-8-6-9-19(2)34(18)14-4-3-5-15-35-24-17-22(27(31)32)12-13-23(24)33-25(28(35)36)20-10-7-11-21(16-20)26(29)30/h7,10-13,16-19H,3-6,8-9,14-15H2,1-2H3,(H3,29,30)(H3,31,32)/t18-,19+. The lowest BCUT2D eigenvalue weighted by Gasteiger charge is -2.39. The molecule has 0 amide bonds. The van der Waals surface area contributed by atoms with Gasteiger partial charge in [0.25, 0.3) is 5.56 Å². The number of unbranched alkanes of at least 4 members (excludes halogenated alkanes) is 2. The van der Waals surface area contributed by atoms with Crippen molar-refractivity contribution in [3.8, 4) is 11.3 Å². The number of rotatable bonds is 9. The molecule has 0 spiro atoms. The van der Waals surface area contributed by atoms with E-state index in [0.717, 1.165) is 25.8 Å². The van der Waals surface area contributed by atoms with E-state index in [0.29, 0.717) is 52.0 Å². The van der Waals surface area contributed by atoms with Gasteiger partial charge in [0.2, 0.25) is 0 Å². The minimum atomic E-state index is -0.192. The molecule has 1 fully saturated rings. The molecule has 0 unspecified atom stereocenters. The third-order valence-electron chi connectivity index (χ3n) is 7.38. The van der Waals surface area contributed by atoms with E-state index >= 15 is 0 Å². The van der Waals surface area contributed by atoms with Gasteiger partial charge in [-0.25, -0.2) is 4.98 Å². The summed E-state index contributed by atoms with van der Waals surface area (Å²) in [6.45, 7) is 6.30. The molecular weight excluding hydrogens is 450 g/mol. The van der Waals surface area contributed by atoms with Crippen LogP contribution >= 0.6 is 0 Å². The topological polar surface area (TPSA) is 138 Å². The second-order valence-electron chi connectivity index (χ2n) is 9.96. The third-order valence-corrected chi connectivity index (χ3v) is 7.38. The Labute approximate surface area is 212 Å². The van der Waals surface area contributed by atoms with Crippen LogP contribution in [0.25, 0.3) is 22.3 Å². The van der Waals surface area contributed by atoms with E-state index in [1.54, 1.807) is 41.0 Å². The smallest absolute Gasteiger partial charge is 0.277 e. The average molecular weight is 488 g/mol. The van der Waals surface area contributed by atoms with Gasteiger partial charge in [0.15, 0.2) is 0 Å². The van der Waals surface area contributed by atoms with Gasteiger partial charge in [0.1, 0.15) is 17.4 Å². The zero-order valence-electron chi connectivity index (χ0n) is 21.3. The molecule has 36 heavy (non-hydrogen) atoms. The lowest BCUT2D eigenvalue weighted by Crippen LogP contribution is -2.44. The zero-order valence-corrected chi connectivity index (χ0v) is 21.3. The van der Waals surface area contributed by atoms with Crippen molar-refractivity contribution in [3.05, 3.63) is 63.9 Å². The van der Waals surface area contributed by atoms with Crippen molar-refractivity contribution in [1.29, 1.82) is 10.8 Å². The highest BCUT2D eigenvalue weighted by molar-refractivity contribution is 5.98. The number of aryl methyl sites for hydroxylation is 1. The van der Waals surface area contributed by atoms with E-state index in [9.17, 15) is 4.79 Å². The number of nitrogen functional groups attached to an aromatic ring is 2. The molecule has 8 heteroatoms. The molecule has 6 N–H and O–H groups in total. The summed E-state index contributed by atoms with van der Waals surface area (Å²) in [6, 6.07) is 13.7. The summed E-state index contributed by atoms with van der Waals surface area (Å²) in [4.78, 5) is 21.0. The maximum Gasteiger partial charge on any atom is 0.277 e. The first-order valence-corrected chi connectivity index (χ1v) is 12.9. The van der Waals surface area contributed by atoms with Crippen LogP contribution in [0, 0.1) is 10.8 Å². The highest BCUT2D eigenvalue weighted by atomic mass is 16.1. The number of piperidine rings is 1. The highest BCUT2D eigenvalue weighted by Gasteiger charge is 2.23. The Hall–Kier alpha value is -3.52. The van der Waals surface area contributed by atoms with Gasteiger partial charge in [-0.2, -0.15) is 0 Å². The second kappa shape index (κ2) is 11.0. The largest absolute Gasteiger partial charge is 0.384 e. The summed E-state index contributed by atoms with van der Waals surface area (Å²) < 4.78 is 1.76. The van der Waals surface area contributed by atoms with Gasteiger partial charge in [-0.05, 0) is 70.3 Å². The summed E-state index contributed by atoms with van der Waals surface area (Å²) in [7, 11) is 0. The van der Waals surface area contributed by atoms with Crippen LogP contribution in [0.2, 0.25) is 0 Å². The Kier molecular flexibility index (Phi) is 7.84. The Morgan fingerprint density at radius 1 is 0.944 bits per heavy atom. The van der Waals surface area contributed by atoms with Crippen LogP contribution < -0.4 is 17.0 Å². The molecule has 0 bridgehead atoms.